The fourth-order valence-electron chi connectivity index (χ4n) is 2.69. The smallest absolute Gasteiger partial charge is 0.265 e. The topological polar surface area (TPSA) is 58.6 Å². The maximum atomic E-state index is 12.4. The Balaban J connectivity index is 1.64. The van der Waals surface area contributed by atoms with E-state index in [4.69, 9.17) is 4.74 Å². The standard InChI is InChI=1S/C19H19BrN2O3/c1-13(25-17-9-7-14(20)8-10-17)19(24)21-15-4-2-5-16(12-15)22-11-3-6-18(22)23/h2,4-5,7-10,12-13H,3,6,11H2,1H3,(H,21,24). The van der Waals surface area contributed by atoms with Gasteiger partial charge in [0.25, 0.3) is 5.91 Å². The van der Waals surface area contributed by atoms with Crippen LogP contribution in [-0.4, -0.2) is 24.5 Å². The average molecular weight is 403 g/mol. The fraction of sp³-hybridized carbons (Fsp3) is 0.263. The molecule has 2 amide bonds. The lowest BCUT2D eigenvalue weighted by atomic mass is 10.2. The molecule has 130 valence electrons. The highest BCUT2D eigenvalue weighted by Gasteiger charge is 2.22. The van der Waals surface area contributed by atoms with E-state index in [-0.39, 0.29) is 11.8 Å². The van der Waals surface area contributed by atoms with E-state index in [2.05, 4.69) is 21.2 Å². The number of nitrogens with one attached hydrogen (secondary N) is 1. The molecule has 1 aliphatic heterocycles. The molecule has 2 aromatic rings. The number of anilines is 2. The van der Waals surface area contributed by atoms with Crippen LogP contribution in [0, 0.1) is 0 Å². The van der Waals surface area contributed by atoms with Gasteiger partial charge >= 0.3 is 0 Å². The summed E-state index contributed by atoms with van der Waals surface area (Å²) in [6.45, 7) is 2.42. The molecular formula is C19H19BrN2O3. The Kier molecular flexibility index (Phi) is 5.38. The number of rotatable bonds is 5. The molecule has 3 rings (SSSR count). The van der Waals surface area contributed by atoms with E-state index in [0.29, 0.717) is 17.9 Å². The number of hydrogen-bond donors (Lipinski definition) is 1. The number of hydrogen-bond acceptors (Lipinski definition) is 3. The third-order valence-corrected chi connectivity index (χ3v) is 4.52. The van der Waals surface area contributed by atoms with Crippen molar-refractivity contribution in [2.24, 2.45) is 0 Å². The van der Waals surface area contributed by atoms with Gasteiger partial charge in [0.15, 0.2) is 6.10 Å². The summed E-state index contributed by atoms with van der Waals surface area (Å²) in [7, 11) is 0. The van der Waals surface area contributed by atoms with Crippen molar-refractivity contribution in [3.8, 4) is 5.75 Å². The molecule has 1 fully saturated rings. The highest BCUT2D eigenvalue weighted by Crippen LogP contribution is 2.24. The van der Waals surface area contributed by atoms with E-state index in [9.17, 15) is 9.59 Å². The molecule has 0 spiro atoms. The largest absolute Gasteiger partial charge is 0.481 e. The number of nitrogens with zero attached hydrogens (tertiary/aromatic N) is 1. The highest BCUT2D eigenvalue weighted by molar-refractivity contribution is 9.10. The number of carbonyl (C=O) groups is 2. The monoisotopic (exact) mass is 402 g/mol. The third kappa shape index (κ3) is 4.39. The van der Waals surface area contributed by atoms with Crippen LogP contribution in [-0.2, 0) is 9.59 Å². The van der Waals surface area contributed by atoms with Crippen LogP contribution in [0.15, 0.2) is 53.0 Å². The molecule has 1 saturated heterocycles. The van der Waals surface area contributed by atoms with Crippen molar-refractivity contribution in [3.05, 3.63) is 53.0 Å². The molecule has 1 atom stereocenters. The van der Waals surface area contributed by atoms with Gasteiger partial charge in [0.2, 0.25) is 5.91 Å². The SMILES string of the molecule is CC(Oc1ccc(Br)cc1)C(=O)Nc1cccc(N2CCCC2=O)c1. The van der Waals surface area contributed by atoms with E-state index in [1.54, 1.807) is 30.0 Å². The first-order chi connectivity index (χ1) is 12.0. The van der Waals surface area contributed by atoms with Gasteiger partial charge in [-0.2, -0.15) is 0 Å². The molecule has 5 nitrogen and oxygen atoms in total. The van der Waals surface area contributed by atoms with Crippen molar-refractivity contribution in [2.75, 3.05) is 16.8 Å². The van der Waals surface area contributed by atoms with Gasteiger partial charge < -0.3 is 15.0 Å². The quantitative estimate of drug-likeness (QED) is 0.822. The zero-order valence-electron chi connectivity index (χ0n) is 13.9. The number of carbonyl (C=O) groups excluding carboxylic acids is 2. The zero-order valence-corrected chi connectivity index (χ0v) is 15.5. The van der Waals surface area contributed by atoms with Gasteiger partial charge in [0, 0.05) is 28.8 Å². The van der Waals surface area contributed by atoms with Crippen molar-refractivity contribution < 1.29 is 14.3 Å². The lowest BCUT2D eigenvalue weighted by Gasteiger charge is -2.18. The Labute approximate surface area is 155 Å². The zero-order chi connectivity index (χ0) is 17.8. The van der Waals surface area contributed by atoms with Gasteiger partial charge in [-0.1, -0.05) is 22.0 Å². The summed E-state index contributed by atoms with van der Waals surface area (Å²) in [5.41, 5.74) is 1.45. The molecule has 0 saturated carbocycles. The van der Waals surface area contributed by atoms with E-state index in [1.165, 1.54) is 0 Å². The molecule has 0 bridgehead atoms. The van der Waals surface area contributed by atoms with Crippen molar-refractivity contribution in [3.63, 3.8) is 0 Å². The minimum absolute atomic E-state index is 0.121. The molecule has 2 aromatic carbocycles. The third-order valence-electron chi connectivity index (χ3n) is 3.99. The first-order valence-electron chi connectivity index (χ1n) is 8.16. The molecule has 0 aromatic heterocycles. The van der Waals surface area contributed by atoms with E-state index < -0.39 is 6.10 Å². The van der Waals surface area contributed by atoms with Crippen molar-refractivity contribution >= 4 is 39.1 Å². The van der Waals surface area contributed by atoms with Gasteiger partial charge in [-0.05, 0) is 55.8 Å². The van der Waals surface area contributed by atoms with Gasteiger partial charge in [-0.3, -0.25) is 9.59 Å². The summed E-state index contributed by atoms with van der Waals surface area (Å²) in [4.78, 5) is 26.0. The van der Waals surface area contributed by atoms with Gasteiger partial charge in [0.05, 0.1) is 0 Å². The number of amides is 2. The van der Waals surface area contributed by atoms with E-state index >= 15 is 0 Å². The minimum Gasteiger partial charge on any atom is -0.481 e. The summed E-state index contributed by atoms with van der Waals surface area (Å²) >= 11 is 3.36. The first-order valence-corrected chi connectivity index (χ1v) is 8.96. The summed E-state index contributed by atoms with van der Waals surface area (Å²) in [5, 5.41) is 2.84. The Morgan fingerprint density at radius 1 is 1.24 bits per heavy atom. The van der Waals surface area contributed by atoms with Crippen molar-refractivity contribution in [2.45, 2.75) is 25.9 Å². The van der Waals surface area contributed by atoms with Crippen LogP contribution in [0.2, 0.25) is 0 Å². The van der Waals surface area contributed by atoms with E-state index in [0.717, 1.165) is 23.1 Å². The van der Waals surface area contributed by atoms with Gasteiger partial charge in [-0.15, -0.1) is 0 Å². The van der Waals surface area contributed by atoms with Crippen LogP contribution in [0.5, 0.6) is 5.75 Å². The second-order valence-corrected chi connectivity index (χ2v) is 6.82. The first kappa shape index (κ1) is 17.5. The molecule has 0 aliphatic carbocycles. The van der Waals surface area contributed by atoms with Gasteiger partial charge in [0.1, 0.15) is 5.75 Å². The molecule has 1 aliphatic rings. The van der Waals surface area contributed by atoms with Crippen LogP contribution in [0.3, 0.4) is 0 Å². The molecular weight excluding hydrogens is 384 g/mol. The molecule has 1 N–H and O–H groups in total. The van der Waals surface area contributed by atoms with Crippen LogP contribution in [0.25, 0.3) is 0 Å². The lowest BCUT2D eigenvalue weighted by molar-refractivity contribution is -0.122. The molecule has 0 radical (unpaired) electrons. The summed E-state index contributed by atoms with van der Waals surface area (Å²) in [5.74, 6) is 0.505. The van der Waals surface area contributed by atoms with Crippen molar-refractivity contribution in [1.29, 1.82) is 0 Å². The maximum absolute atomic E-state index is 12.4. The van der Waals surface area contributed by atoms with Crippen LogP contribution >= 0.6 is 15.9 Å². The summed E-state index contributed by atoms with van der Waals surface area (Å²) in [6.07, 6.45) is 0.806. The average Bonchev–Trinajstić information content (AvgIpc) is 3.03. The fourth-order valence-corrected chi connectivity index (χ4v) is 2.95. The molecule has 1 heterocycles. The Bertz CT molecular complexity index is 776. The van der Waals surface area contributed by atoms with Crippen LogP contribution < -0.4 is 15.0 Å². The van der Waals surface area contributed by atoms with Crippen molar-refractivity contribution in [1.82, 2.24) is 0 Å². The maximum Gasteiger partial charge on any atom is 0.265 e. The second kappa shape index (κ2) is 7.70. The number of benzene rings is 2. The predicted molar refractivity (Wildman–Crippen MR) is 101 cm³/mol. The normalized spacial score (nSPS) is 15.1. The Morgan fingerprint density at radius 3 is 2.68 bits per heavy atom. The number of ether oxygens (including phenoxy) is 1. The molecule has 1 unspecified atom stereocenters. The second-order valence-electron chi connectivity index (χ2n) is 5.90. The summed E-state index contributed by atoms with van der Waals surface area (Å²) in [6, 6.07) is 14.6. The lowest BCUT2D eigenvalue weighted by Crippen LogP contribution is -2.30. The Morgan fingerprint density at radius 2 is 2.00 bits per heavy atom. The van der Waals surface area contributed by atoms with Crippen LogP contribution in [0.1, 0.15) is 19.8 Å². The Hall–Kier alpha value is -2.34. The number of halogens is 1. The van der Waals surface area contributed by atoms with Gasteiger partial charge in [-0.25, -0.2) is 0 Å². The van der Waals surface area contributed by atoms with E-state index in [1.807, 2.05) is 30.3 Å². The highest BCUT2D eigenvalue weighted by atomic mass is 79.9. The summed E-state index contributed by atoms with van der Waals surface area (Å²) < 4.78 is 6.60. The van der Waals surface area contributed by atoms with Crippen LogP contribution in [0.4, 0.5) is 11.4 Å². The molecule has 25 heavy (non-hydrogen) atoms. The minimum atomic E-state index is -0.641. The predicted octanol–water partition coefficient (Wildman–Crippen LogP) is 3.98. The molecule has 6 heteroatoms.